The Hall–Kier alpha value is 0.274. The highest BCUT2D eigenvalue weighted by Gasteiger charge is 2.47. The molecule has 4 nitrogen and oxygen atoms in total. The average Bonchev–Trinajstić information content (AvgIpc) is 2.40. The summed E-state index contributed by atoms with van der Waals surface area (Å²) < 4.78 is 26.1. The van der Waals surface area contributed by atoms with Crippen molar-refractivity contribution in [3.05, 3.63) is 0 Å². The van der Waals surface area contributed by atoms with E-state index in [1.807, 2.05) is 0 Å². The Morgan fingerprint density at radius 2 is 0.923 bits per heavy atom. The highest BCUT2D eigenvalue weighted by Crippen LogP contribution is 2.35. The Balaban J connectivity index is 5.62. The molecule has 0 heterocycles. The van der Waals surface area contributed by atoms with Crippen LogP contribution >= 0.6 is 0 Å². The second kappa shape index (κ2) is 10.2. The van der Waals surface area contributed by atoms with Gasteiger partial charge in [0.1, 0.15) is 0 Å². The molecule has 0 aromatic carbocycles. The highest BCUT2D eigenvalue weighted by atomic mass is 28.4. The molecule has 0 aromatic rings. The fraction of sp³-hybridized carbons (Fsp3) is 1.00. The lowest BCUT2D eigenvalue weighted by Crippen LogP contribution is -2.54. The zero-order valence-corrected chi connectivity index (χ0v) is 21.6. The summed E-state index contributed by atoms with van der Waals surface area (Å²) in [4.78, 5) is 0. The number of rotatable bonds is 11. The first-order valence-electron chi connectivity index (χ1n) is 10.3. The molecular formula is C20H46O4Si2. The lowest BCUT2D eigenvalue weighted by molar-refractivity contribution is 0.0141. The monoisotopic (exact) mass is 406 g/mol. The molecule has 0 aliphatic carbocycles. The largest absolute Gasteiger partial charge is 0.392 e. The van der Waals surface area contributed by atoms with Crippen molar-refractivity contribution in [1.29, 1.82) is 0 Å². The minimum Gasteiger partial charge on any atom is -0.392 e. The van der Waals surface area contributed by atoms with Crippen LogP contribution in [0.3, 0.4) is 0 Å². The standard InChI is InChI=1S/C20H46O4Si2/c1-13-25(21-17(3)4,22-18(5)6)15-16-26(14-2,23-19(7,8)9)24-20(10,11)12/h17-18H,13-16H2,1-12H3. The Labute approximate surface area is 165 Å². The first-order valence-corrected chi connectivity index (χ1v) is 14.8. The number of hydrogen-bond donors (Lipinski definition) is 0. The van der Waals surface area contributed by atoms with E-state index in [1.54, 1.807) is 0 Å². The molecule has 0 saturated carbocycles. The van der Waals surface area contributed by atoms with E-state index in [-0.39, 0.29) is 23.4 Å². The zero-order chi connectivity index (χ0) is 20.8. The summed E-state index contributed by atoms with van der Waals surface area (Å²) in [6, 6.07) is 3.71. The van der Waals surface area contributed by atoms with Crippen LogP contribution in [-0.4, -0.2) is 40.5 Å². The van der Waals surface area contributed by atoms with Crippen LogP contribution in [0.5, 0.6) is 0 Å². The lowest BCUT2D eigenvalue weighted by Gasteiger charge is -2.42. The molecule has 0 atom stereocenters. The van der Waals surface area contributed by atoms with Crippen LogP contribution in [0.4, 0.5) is 0 Å². The predicted octanol–water partition coefficient (Wildman–Crippen LogP) is 6.39. The van der Waals surface area contributed by atoms with E-state index in [9.17, 15) is 0 Å². The van der Waals surface area contributed by atoms with Crippen LogP contribution in [-0.2, 0) is 17.7 Å². The predicted molar refractivity (Wildman–Crippen MR) is 116 cm³/mol. The van der Waals surface area contributed by atoms with Gasteiger partial charge in [0.15, 0.2) is 0 Å². The van der Waals surface area contributed by atoms with Crippen molar-refractivity contribution in [3.63, 3.8) is 0 Å². The number of hydrogen-bond acceptors (Lipinski definition) is 4. The molecular weight excluding hydrogens is 360 g/mol. The fourth-order valence-corrected chi connectivity index (χ4v) is 12.2. The normalized spacial score (nSPS) is 14.5. The Bertz CT molecular complexity index is 372. The van der Waals surface area contributed by atoms with Crippen molar-refractivity contribution < 1.29 is 17.7 Å². The molecule has 0 N–H and O–H groups in total. The van der Waals surface area contributed by atoms with Crippen LogP contribution in [0.25, 0.3) is 0 Å². The van der Waals surface area contributed by atoms with Gasteiger partial charge >= 0.3 is 17.1 Å². The van der Waals surface area contributed by atoms with Gasteiger partial charge in [-0.05, 0) is 93.4 Å². The smallest absolute Gasteiger partial charge is 0.338 e. The lowest BCUT2D eigenvalue weighted by atomic mass is 10.2. The van der Waals surface area contributed by atoms with E-state index in [4.69, 9.17) is 17.7 Å². The molecule has 0 radical (unpaired) electrons. The maximum absolute atomic E-state index is 6.63. The zero-order valence-electron chi connectivity index (χ0n) is 19.6. The first-order chi connectivity index (χ1) is 11.6. The third kappa shape index (κ3) is 10.6. The summed E-state index contributed by atoms with van der Waals surface area (Å²) in [5.74, 6) is 0. The van der Waals surface area contributed by atoms with Crippen LogP contribution < -0.4 is 0 Å². The summed E-state index contributed by atoms with van der Waals surface area (Å²) in [5, 5.41) is 0. The van der Waals surface area contributed by atoms with Gasteiger partial charge < -0.3 is 17.7 Å². The Kier molecular flexibility index (Phi) is 10.3. The third-order valence-corrected chi connectivity index (χ3v) is 12.3. The first kappa shape index (κ1) is 26.3. The van der Waals surface area contributed by atoms with Crippen LogP contribution in [0, 0.1) is 0 Å². The molecule has 26 heavy (non-hydrogen) atoms. The fourth-order valence-electron chi connectivity index (χ4n) is 3.29. The molecule has 0 amide bonds. The van der Waals surface area contributed by atoms with E-state index in [0.717, 1.165) is 24.2 Å². The molecule has 0 fully saturated rings. The summed E-state index contributed by atoms with van der Waals surface area (Å²) in [6.45, 7) is 25.5. The van der Waals surface area contributed by atoms with E-state index >= 15 is 0 Å². The topological polar surface area (TPSA) is 36.9 Å². The Morgan fingerprint density at radius 1 is 0.615 bits per heavy atom. The summed E-state index contributed by atoms with van der Waals surface area (Å²) >= 11 is 0. The maximum Gasteiger partial charge on any atom is 0.338 e. The van der Waals surface area contributed by atoms with Crippen molar-refractivity contribution >= 4 is 17.1 Å². The van der Waals surface area contributed by atoms with Gasteiger partial charge in [-0.15, -0.1) is 0 Å². The van der Waals surface area contributed by atoms with E-state index in [0.29, 0.717) is 0 Å². The van der Waals surface area contributed by atoms with Gasteiger partial charge in [-0.3, -0.25) is 0 Å². The van der Waals surface area contributed by atoms with Gasteiger partial charge in [0, 0.05) is 12.2 Å². The molecule has 6 heteroatoms. The summed E-state index contributed by atoms with van der Waals surface area (Å²) in [5.41, 5.74) is -0.441. The van der Waals surface area contributed by atoms with Gasteiger partial charge in [0.25, 0.3) is 0 Å². The van der Waals surface area contributed by atoms with Crippen molar-refractivity contribution in [3.8, 4) is 0 Å². The van der Waals surface area contributed by atoms with Crippen molar-refractivity contribution in [2.24, 2.45) is 0 Å². The summed E-state index contributed by atoms with van der Waals surface area (Å²) in [7, 11) is -4.69. The quantitative estimate of drug-likeness (QED) is 0.372. The minimum absolute atomic E-state index is 0.171. The van der Waals surface area contributed by atoms with Gasteiger partial charge in [-0.25, -0.2) is 0 Å². The van der Waals surface area contributed by atoms with Gasteiger partial charge in [-0.1, -0.05) is 13.8 Å². The molecule has 0 spiro atoms. The van der Waals surface area contributed by atoms with Gasteiger partial charge in [0.05, 0.1) is 11.2 Å². The molecule has 158 valence electrons. The maximum atomic E-state index is 6.63. The van der Waals surface area contributed by atoms with Crippen LogP contribution in [0.15, 0.2) is 0 Å². The SMILES string of the molecule is CC[Si](CC[Si](CC)(OC(C)(C)C)OC(C)(C)C)(OC(C)C)OC(C)C. The summed E-state index contributed by atoms with van der Waals surface area (Å²) in [6.07, 6.45) is 0.343. The average molecular weight is 407 g/mol. The van der Waals surface area contributed by atoms with Crippen LogP contribution in [0.1, 0.15) is 83.1 Å². The molecule has 0 aromatic heterocycles. The molecule has 0 unspecified atom stereocenters. The Morgan fingerprint density at radius 3 is 1.15 bits per heavy atom. The molecule has 0 saturated heterocycles. The minimum atomic E-state index is -2.39. The van der Waals surface area contributed by atoms with E-state index < -0.39 is 17.1 Å². The highest BCUT2D eigenvalue weighted by molar-refractivity contribution is 6.73. The van der Waals surface area contributed by atoms with Crippen molar-refractivity contribution in [2.45, 2.75) is 131 Å². The molecule has 0 aliphatic rings. The molecule has 0 rings (SSSR count). The van der Waals surface area contributed by atoms with Crippen molar-refractivity contribution in [1.82, 2.24) is 0 Å². The second-order valence-corrected chi connectivity index (χ2v) is 16.7. The van der Waals surface area contributed by atoms with E-state index in [1.165, 1.54) is 0 Å². The van der Waals surface area contributed by atoms with E-state index in [2.05, 4.69) is 83.1 Å². The second-order valence-electron chi connectivity index (χ2n) is 9.79. The van der Waals surface area contributed by atoms with Crippen molar-refractivity contribution in [2.75, 3.05) is 0 Å². The molecule has 0 aliphatic heterocycles. The third-order valence-electron chi connectivity index (χ3n) is 3.85. The van der Waals surface area contributed by atoms with Crippen LogP contribution in [0.2, 0.25) is 24.2 Å². The van der Waals surface area contributed by atoms with Gasteiger partial charge in [0.2, 0.25) is 0 Å². The molecule has 0 bridgehead atoms. The van der Waals surface area contributed by atoms with Gasteiger partial charge in [-0.2, -0.15) is 0 Å².